The van der Waals surface area contributed by atoms with E-state index in [2.05, 4.69) is 16.5 Å². The Hall–Kier alpha value is -1.36. The molecule has 0 saturated heterocycles. The lowest BCUT2D eigenvalue weighted by Crippen LogP contribution is -2.25. The lowest BCUT2D eigenvalue weighted by molar-refractivity contribution is 0.348. The number of ether oxygens (including phenoxy) is 1. The topological polar surface area (TPSA) is 57.0 Å². The van der Waals surface area contributed by atoms with Gasteiger partial charge in [-0.05, 0) is 11.6 Å². The molecule has 0 saturated carbocycles. The van der Waals surface area contributed by atoms with E-state index in [-0.39, 0.29) is 11.3 Å². The number of hydrogen-bond donors (Lipinski definition) is 0. The molecule has 1 aromatic rings. The summed E-state index contributed by atoms with van der Waals surface area (Å²) in [6, 6.07) is 0.130. The van der Waals surface area contributed by atoms with Gasteiger partial charge in [-0.3, -0.25) is 0 Å². The number of nitrogens with zero attached hydrogens (tertiary/aromatic N) is 3. The van der Waals surface area contributed by atoms with E-state index in [9.17, 15) is 4.79 Å². The van der Waals surface area contributed by atoms with Gasteiger partial charge >= 0.3 is 11.7 Å². The van der Waals surface area contributed by atoms with Crippen molar-refractivity contribution in [1.29, 1.82) is 0 Å². The maximum Gasteiger partial charge on any atom is 0.354 e. The third kappa shape index (κ3) is 2.06. The normalized spacial score (nSPS) is 9.69. The van der Waals surface area contributed by atoms with Gasteiger partial charge in [-0.25, -0.2) is 9.36 Å². The van der Waals surface area contributed by atoms with Crippen molar-refractivity contribution in [1.82, 2.24) is 14.5 Å². The van der Waals surface area contributed by atoms with Gasteiger partial charge in [0.2, 0.25) is 5.28 Å². The fraction of sp³-hybridized carbons (Fsp3) is 0.286. The fourth-order valence-corrected chi connectivity index (χ4v) is 0.971. The minimum absolute atomic E-state index is 0.123. The Morgan fingerprint density at radius 2 is 2.38 bits per heavy atom. The second-order valence-corrected chi connectivity index (χ2v) is 2.50. The fourth-order valence-electron chi connectivity index (χ4n) is 0.826. The van der Waals surface area contributed by atoms with Crippen molar-refractivity contribution in [2.75, 3.05) is 7.11 Å². The average molecular weight is 202 g/mol. The van der Waals surface area contributed by atoms with Gasteiger partial charge in [0.05, 0.1) is 13.7 Å². The summed E-state index contributed by atoms with van der Waals surface area (Å²) in [5, 5.41) is -0.123. The molecule has 0 spiro atoms. The maximum absolute atomic E-state index is 11.2. The smallest absolute Gasteiger partial charge is 0.354 e. The monoisotopic (exact) mass is 201 g/mol. The number of halogens is 1. The third-order valence-corrected chi connectivity index (χ3v) is 1.50. The Morgan fingerprint density at radius 1 is 1.69 bits per heavy atom. The summed E-state index contributed by atoms with van der Waals surface area (Å²) in [7, 11) is 1.40. The molecule has 0 fully saturated rings. The highest BCUT2D eigenvalue weighted by Gasteiger charge is 2.06. The molecular formula is C7H8ClN3O2. The van der Waals surface area contributed by atoms with Crippen LogP contribution in [0.2, 0.25) is 5.28 Å². The quantitative estimate of drug-likeness (QED) is 0.668. The first-order valence-corrected chi connectivity index (χ1v) is 3.86. The largest absolute Gasteiger partial charge is 0.468 e. The molecule has 0 unspecified atom stereocenters. The zero-order chi connectivity index (χ0) is 9.84. The van der Waals surface area contributed by atoms with Gasteiger partial charge in [-0.1, -0.05) is 6.08 Å². The summed E-state index contributed by atoms with van der Waals surface area (Å²) < 4.78 is 6.06. The Balaban J connectivity index is 3.29. The lowest BCUT2D eigenvalue weighted by atomic mass is 10.6. The van der Waals surface area contributed by atoms with E-state index in [1.807, 2.05) is 0 Å². The Morgan fingerprint density at radius 3 is 2.92 bits per heavy atom. The highest BCUT2D eigenvalue weighted by atomic mass is 35.5. The number of aromatic nitrogens is 3. The molecule has 0 amide bonds. The molecule has 13 heavy (non-hydrogen) atoms. The SMILES string of the molecule is C=CCn1c(OC)nc(Cl)nc1=O. The number of methoxy groups -OCH3 is 1. The molecule has 1 rings (SSSR count). The highest BCUT2D eigenvalue weighted by molar-refractivity contribution is 6.28. The lowest BCUT2D eigenvalue weighted by Gasteiger charge is -2.06. The van der Waals surface area contributed by atoms with Crippen LogP contribution in [0.1, 0.15) is 0 Å². The average Bonchev–Trinajstić information content (AvgIpc) is 2.09. The summed E-state index contributed by atoms with van der Waals surface area (Å²) >= 11 is 5.46. The van der Waals surface area contributed by atoms with E-state index in [1.54, 1.807) is 6.08 Å². The molecule has 0 aromatic carbocycles. The summed E-state index contributed by atoms with van der Waals surface area (Å²) in [6.07, 6.45) is 1.54. The Labute approximate surface area is 79.6 Å². The van der Waals surface area contributed by atoms with Crippen LogP contribution < -0.4 is 10.4 Å². The Bertz CT molecular complexity index is 374. The van der Waals surface area contributed by atoms with Crippen LogP contribution in [0.4, 0.5) is 0 Å². The predicted molar refractivity (Wildman–Crippen MR) is 48.1 cm³/mol. The van der Waals surface area contributed by atoms with Crippen LogP contribution in [0.3, 0.4) is 0 Å². The van der Waals surface area contributed by atoms with E-state index in [4.69, 9.17) is 16.3 Å². The van der Waals surface area contributed by atoms with Crippen LogP contribution in [0.5, 0.6) is 6.01 Å². The molecule has 0 aliphatic heterocycles. The van der Waals surface area contributed by atoms with Crippen LogP contribution in [0.25, 0.3) is 0 Å². The second kappa shape index (κ2) is 4.04. The summed E-state index contributed by atoms with van der Waals surface area (Å²) in [5.74, 6) is 0. The molecule has 70 valence electrons. The van der Waals surface area contributed by atoms with E-state index >= 15 is 0 Å². The number of hydrogen-bond acceptors (Lipinski definition) is 4. The van der Waals surface area contributed by atoms with Gasteiger partial charge < -0.3 is 4.74 Å². The third-order valence-electron chi connectivity index (χ3n) is 1.33. The van der Waals surface area contributed by atoms with Gasteiger partial charge in [0.1, 0.15) is 0 Å². The van der Waals surface area contributed by atoms with Gasteiger partial charge in [-0.15, -0.1) is 6.58 Å². The highest BCUT2D eigenvalue weighted by Crippen LogP contribution is 2.05. The van der Waals surface area contributed by atoms with Crippen molar-refractivity contribution in [2.24, 2.45) is 0 Å². The van der Waals surface area contributed by atoms with Crippen molar-refractivity contribution in [2.45, 2.75) is 6.54 Å². The molecule has 0 aliphatic rings. The van der Waals surface area contributed by atoms with Crippen molar-refractivity contribution in [3.05, 3.63) is 28.4 Å². The molecule has 1 aromatic heterocycles. The molecule has 6 heteroatoms. The van der Waals surface area contributed by atoms with Crippen LogP contribution in [-0.2, 0) is 6.54 Å². The van der Waals surface area contributed by atoms with Crippen molar-refractivity contribution in [3.8, 4) is 6.01 Å². The summed E-state index contributed by atoms with van der Waals surface area (Å²) in [4.78, 5) is 18.4. The van der Waals surface area contributed by atoms with Crippen LogP contribution in [0, 0.1) is 0 Å². The van der Waals surface area contributed by atoms with E-state index in [0.29, 0.717) is 6.54 Å². The molecular weight excluding hydrogens is 194 g/mol. The first-order chi connectivity index (χ1) is 6.19. The van der Waals surface area contributed by atoms with Crippen LogP contribution >= 0.6 is 11.6 Å². The zero-order valence-corrected chi connectivity index (χ0v) is 7.78. The molecule has 1 heterocycles. The van der Waals surface area contributed by atoms with E-state index in [0.717, 1.165) is 0 Å². The number of rotatable bonds is 3. The molecule has 0 bridgehead atoms. The van der Waals surface area contributed by atoms with Crippen molar-refractivity contribution < 1.29 is 4.74 Å². The summed E-state index contributed by atoms with van der Waals surface area (Å²) in [6.45, 7) is 3.78. The van der Waals surface area contributed by atoms with Crippen LogP contribution in [-0.4, -0.2) is 21.6 Å². The molecule has 5 nitrogen and oxygen atoms in total. The van der Waals surface area contributed by atoms with Crippen LogP contribution in [0.15, 0.2) is 17.4 Å². The summed E-state index contributed by atoms with van der Waals surface area (Å²) in [5.41, 5.74) is -0.503. The second-order valence-electron chi connectivity index (χ2n) is 2.16. The molecule has 0 N–H and O–H groups in total. The van der Waals surface area contributed by atoms with Gasteiger partial charge in [-0.2, -0.15) is 9.97 Å². The van der Waals surface area contributed by atoms with E-state index < -0.39 is 5.69 Å². The molecule has 0 radical (unpaired) electrons. The molecule has 0 aliphatic carbocycles. The Kier molecular flexibility index (Phi) is 3.02. The maximum atomic E-state index is 11.2. The van der Waals surface area contributed by atoms with Crippen molar-refractivity contribution in [3.63, 3.8) is 0 Å². The standard InChI is InChI=1S/C7H8ClN3O2/c1-3-4-11-6(12)9-5(8)10-7(11)13-2/h3H,1,4H2,2H3. The van der Waals surface area contributed by atoms with Gasteiger partial charge in [0.15, 0.2) is 0 Å². The van der Waals surface area contributed by atoms with E-state index in [1.165, 1.54) is 11.7 Å². The van der Waals surface area contributed by atoms with Crippen molar-refractivity contribution >= 4 is 11.6 Å². The van der Waals surface area contributed by atoms with Gasteiger partial charge in [0.25, 0.3) is 0 Å². The first-order valence-electron chi connectivity index (χ1n) is 3.48. The first kappa shape index (κ1) is 9.73. The number of allylic oxidation sites excluding steroid dienone is 1. The minimum atomic E-state index is -0.503. The zero-order valence-electron chi connectivity index (χ0n) is 7.03. The predicted octanol–water partition coefficient (Wildman–Crippen LogP) is 0.486. The minimum Gasteiger partial charge on any atom is -0.468 e. The van der Waals surface area contributed by atoms with Gasteiger partial charge in [0, 0.05) is 0 Å². The molecule has 0 atom stereocenters.